The van der Waals surface area contributed by atoms with Gasteiger partial charge < -0.3 is 14.6 Å². The largest absolute Gasteiger partial charge is 0.491 e. The minimum atomic E-state index is -0.956. The lowest BCUT2D eigenvalue weighted by atomic mass is 10.2. The number of carbonyl (C=O) groups is 1. The molecule has 4 nitrogen and oxygen atoms in total. The number of hydrogen-bond donors (Lipinski definition) is 1. The van der Waals surface area contributed by atoms with Gasteiger partial charge in [-0.15, -0.1) is 0 Å². The Bertz CT molecular complexity index is 407. The van der Waals surface area contributed by atoms with Crippen molar-refractivity contribution in [3.05, 3.63) is 35.9 Å². The number of hydrogen-bond acceptors (Lipinski definition) is 3. The summed E-state index contributed by atoms with van der Waals surface area (Å²) in [7, 11) is 0. The molecule has 19 heavy (non-hydrogen) atoms. The lowest BCUT2D eigenvalue weighted by Crippen LogP contribution is -2.10. The molecule has 0 aromatic heterocycles. The Morgan fingerprint density at radius 2 is 1.95 bits per heavy atom. The Morgan fingerprint density at radius 3 is 2.53 bits per heavy atom. The maximum atomic E-state index is 10.4. The second kappa shape index (κ2) is 8.32. The zero-order valence-electron chi connectivity index (χ0n) is 11.3. The van der Waals surface area contributed by atoms with E-state index in [-0.39, 0.29) is 0 Å². The number of rotatable bonds is 8. The molecule has 0 aliphatic heterocycles. The van der Waals surface area contributed by atoms with E-state index in [1.807, 2.05) is 24.3 Å². The molecule has 0 unspecified atom stereocenters. The van der Waals surface area contributed by atoms with Crippen molar-refractivity contribution in [1.29, 1.82) is 0 Å². The molecule has 0 aliphatic carbocycles. The highest BCUT2D eigenvalue weighted by atomic mass is 16.5. The second-order valence-electron chi connectivity index (χ2n) is 4.56. The molecule has 4 heteroatoms. The summed E-state index contributed by atoms with van der Waals surface area (Å²) < 4.78 is 10.9. The zero-order chi connectivity index (χ0) is 14.1. The summed E-state index contributed by atoms with van der Waals surface area (Å²) in [5.74, 6) is 0.323. The number of aliphatic carboxylic acids is 1. The quantitative estimate of drug-likeness (QED) is 0.579. The molecule has 0 spiro atoms. The van der Waals surface area contributed by atoms with Gasteiger partial charge in [-0.2, -0.15) is 0 Å². The van der Waals surface area contributed by atoms with Crippen molar-refractivity contribution in [2.75, 3.05) is 19.8 Å². The molecule has 0 fully saturated rings. The van der Waals surface area contributed by atoms with E-state index in [0.29, 0.717) is 19.1 Å². The molecule has 0 saturated carbocycles. The first-order valence-corrected chi connectivity index (χ1v) is 6.29. The van der Waals surface area contributed by atoms with Crippen molar-refractivity contribution in [2.24, 2.45) is 5.92 Å². The maximum Gasteiger partial charge on any atom is 0.328 e. The Kier molecular flexibility index (Phi) is 6.68. The van der Waals surface area contributed by atoms with Crippen LogP contribution in [0.1, 0.15) is 19.4 Å². The Morgan fingerprint density at radius 1 is 1.26 bits per heavy atom. The zero-order valence-corrected chi connectivity index (χ0v) is 11.3. The SMILES string of the molecule is CC(C)COCCOc1ccc(C=CC(=O)O)cc1. The maximum absolute atomic E-state index is 10.4. The smallest absolute Gasteiger partial charge is 0.328 e. The third-order valence-electron chi connectivity index (χ3n) is 2.25. The van der Waals surface area contributed by atoms with Crippen LogP contribution in [0.15, 0.2) is 30.3 Å². The van der Waals surface area contributed by atoms with Gasteiger partial charge in [0.2, 0.25) is 0 Å². The molecule has 0 atom stereocenters. The molecule has 0 bridgehead atoms. The molecule has 1 aromatic rings. The van der Waals surface area contributed by atoms with Gasteiger partial charge in [-0.05, 0) is 29.7 Å². The first-order chi connectivity index (χ1) is 9.08. The molecule has 1 rings (SSSR count). The second-order valence-corrected chi connectivity index (χ2v) is 4.56. The van der Waals surface area contributed by atoms with Crippen LogP contribution in [0.2, 0.25) is 0 Å². The van der Waals surface area contributed by atoms with Gasteiger partial charge in [0.15, 0.2) is 0 Å². The van der Waals surface area contributed by atoms with Crippen LogP contribution in [0, 0.1) is 5.92 Å². The highest BCUT2D eigenvalue weighted by Crippen LogP contribution is 2.13. The number of benzene rings is 1. The average molecular weight is 264 g/mol. The number of carboxylic acids is 1. The molecule has 0 radical (unpaired) electrons. The summed E-state index contributed by atoms with van der Waals surface area (Å²) in [6.45, 7) is 6.02. The molecule has 0 saturated heterocycles. The van der Waals surface area contributed by atoms with Crippen LogP contribution in [0.3, 0.4) is 0 Å². The standard InChI is InChI=1S/C15H20O4/c1-12(2)11-18-9-10-19-14-6-3-13(4-7-14)5-8-15(16)17/h3-8,12H,9-11H2,1-2H3,(H,16,17). The summed E-state index contributed by atoms with van der Waals surface area (Å²) in [6, 6.07) is 7.24. The van der Waals surface area contributed by atoms with Crippen molar-refractivity contribution in [1.82, 2.24) is 0 Å². The summed E-state index contributed by atoms with van der Waals surface area (Å²) in [5.41, 5.74) is 0.825. The minimum Gasteiger partial charge on any atom is -0.491 e. The van der Waals surface area contributed by atoms with Crippen LogP contribution in [0.5, 0.6) is 5.75 Å². The number of ether oxygens (including phenoxy) is 2. The van der Waals surface area contributed by atoms with Crippen LogP contribution in [-0.4, -0.2) is 30.9 Å². The monoisotopic (exact) mass is 264 g/mol. The highest BCUT2D eigenvalue weighted by molar-refractivity contribution is 5.85. The Balaban J connectivity index is 2.30. The highest BCUT2D eigenvalue weighted by Gasteiger charge is 1.96. The van der Waals surface area contributed by atoms with Crippen LogP contribution < -0.4 is 4.74 Å². The molecular formula is C15H20O4. The fourth-order valence-electron chi connectivity index (χ4n) is 1.38. The van der Waals surface area contributed by atoms with E-state index in [1.54, 1.807) is 0 Å². The van der Waals surface area contributed by atoms with Crippen molar-refractivity contribution in [2.45, 2.75) is 13.8 Å². The van der Waals surface area contributed by atoms with Gasteiger partial charge in [0.05, 0.1) is 6.61 Å². The molecule has 104 valence electrons. The minimum absolute atomic E-state index is 0.511. The fourth-order valence-corrected chi connectivity index (χ4v) is 1.38. The van der Waals surface area contributed by atoms with E-state index in [9.17, 15) is 4.79 Å². The summed E-state index contributed by atoms with van der Waals surface area (Å²) in [4.78, 5) is 10.4. The van der Waals surface area contributed by atoms with Gasteiger partial charge in [-0.25, -0.2) is 4.79 Å². The van der Waals surface area contributed by atoms with Crippen LogP contribution in [0.4, 0.5) is 0 Å². The first-order valence-electron chi connectivity index (χ1n) is 6.29. The van der Waals surface area contributed by atoms with E-state index in [1.165, 1.54) is 6.08 Å². The predicted molar refractivity (Wildman–Crippen MR) is 74.3 cm³/mol. The molecule has 0 aliphatic rings. The van der Waals surface area contributed by atoms with Gasteiger partial charge in [0, 0.05) is 12.7 Å². The lowest BCUT2D eigenvalue weighted by Gasteiger charge is -2.08. The number of carboxylic acid groups (broad SMARTS) is 1. The van der Waals surface area contributed by atoms with Crippen molar-refractivity contribution >= 4 is 12.0 Å². The van der Waals surface area contributed by atoms with E-state index in [4.69, 9.17) is 14.6 Å². The topological polar surface area (TPSA) is 55.8 Å². The molecule has 1 N–H and O–H groups in total. The van der Waals surface area contributed by atoms with Crippen LogP contribution >= 0.6 is 0 Å². The first kappa shape index (κ1) is 15.2. The van der Waals surface area contributed by atoms with Crippen LogP contribution in [0.25, 0.3) is 6.08 Å². The molecule has 1 aromatic carbocycles. The average Bonchev–Trinajstić information content (AvgIpc) is 2.37. The molecular weight excluding hydrogens is 244 g/mol. The van der Waals surface area contributed by atoms with E-state index < -0.39 is 5.97 Å². The van der Waals surface area contributed by atoms with Gasteiger partial charge in [0.1, 0.15) is 12.4 Å². The van der Waals surface area contributed by atoms with E-state index in [2.05, 4.69) is 13.8 Å². The van der Waals surface area contributed by atoms with Gasteiger partial charge in [0.25, 0.3) is 0 Å². The van der Waals surface area contributed by atoms with Crippen molar-refractivity contribution in [3.8, 4) is 5.75 Å². The Labute approximate surface area is 113 Å². The lowest BCUT2D eigenvalue weighted by molar-refractivity contribution is -0.131. The van der Waals surface area contributed by atoms with E-state index in [0.717, 1.165) is 24.0 Å². The van der Waals surface area contributed by atoms with Gasteiger partial charge >= 0.3 is 5.97 Å². The summed E-state index contributed by atoms with van der Waals surface area (Å²) in [6.07, 6.45) is 2.65. The fraction of sp³-hybridized carbons (Fsp3) is 0.400. The summed E-state index contributed by atoms with van der Waals surface area (Å²) in [5, 5.41) is 8.51. The van der Waals surface area contributed by atoms with Gasteiger partial charge in [-0.1, -0.05) is 26.0 Å². The predicted octanol–water partition coefficient (Wildman–Crippen LogP) is 2.84. The van der Waals surface area contributed by atoms with Gasteiger partial charge in [-0.3, -0.25) is 0 Å². The van der Waals surface area contributed by atoms with Crippen molar-refractivity contribution < 1.29 is 19.4 Å². The van der Waals surface area contributed by atoms with E-state index >= 15 is 0 Å². The third-order valence-corrected chi connectivity index (χ3v) is 2.25. The van der Waals surface area contributed by atoms with Crippen molar-refractivity contribution in [3.63, 3.8) is 0 Å². The summed E-state index contributed by atoms with van der Waals surface area (Å²) >= 11 is 0. The molecule has 0 heterocycles. The molecule has 0 amide bonds. The normalized spacial score (nSPS) is 11.1. The third kappa shape index (κ3) is 7.26. The Hall–Kier alpha value is -1.81. The van der Waals surface area contributed by atoms with Crippen LogP contribution in [-0.2, 0) is 9.53 Å².